The van der Waals surface area contributed by atoms with Crippen LogP contribution in [0.3, 0.4) is 0 Å². The fraction of sp³-hybridized carbons (Fsp3) is 0.857. The molecular weight excluding hydrogens is 166 g/mol. The van der Waals surface area contributed by atoms with Gasteiger partial charge in [0.2, 0.25) is 0 Å². The Morgan fingerprint density at radius 1 is 1.55 bits per heavy atom. The van der Waals surface area contributed by atoms with Gasteiger partial charge in [-0.25, -0.2) is 4.79 Å². The molecule has 0 rings (SSSR count). The van der Waals surface area contributed by atoms with Gasteiger partial charge < -0.3 is 10.1 Å². The number of carbonyl (C=O) groups excluding carboxylic acids is 1. The van der Waals surface area contributed by atoms with Gasteiger partial charge in [-0.05, 0) is 20.0 Å². The van der Waals surface area contributed by atoms with Crippen LogP contribution in [0.25, 0.3) is 0 Å². The van der Waals surface area contributed by atoms with Crippen molar-refractivity contribution in [2.75, 3.05) is 20.2 Å². The minimum absolute atomic E-state index is 0.392. The molecule has 0 spiro atoms. The molecule has 0 unspecified atom stereocenters. The number of rotatable bonds is 4. The Balaban J connectivity index is 0. The Bertz CT molecular complexity index is 88.5. The summed E-state index contributed by atoms with van der Waals surface area (Å²) in [5.41, 5.74) is -0.730. The lowest BCUT2D eigenvalue weighted by atomic mass is 10.5. The molecule has 0 atom stereocenters. The second kappa shape index (κ2) is 12.4. The van der Waals surface area contributed by atoms with Gasteiger partial charge in [0.15, 0.2) is 0 Å². The minimum atomic E-state index is -0.730. The van der Waals surface area contributed by atoms with Gasteiger partial charge in [0.1, 0.15) is 0 Å². The first kappa shape index (κ1) is 13.3. The summed E-state index contributed by atoms with van der Waals surface area (Å²) in [5, 5.41) is 2.91. The van der Waals surface area contributed by atoms with Crippen molar-refractivity contribution in [1.82, 2.24) is 5.32 Å². The normalized spacial score (nSPS) is 8.00. The van der Waals surface area contributed by atoms with Crippen molar-refractivity contribution in [3.63, 3.8) is 0 Å². The van der Waals surface area contributed by atoms with E-state index >= 15 is 0 Å². The molecule has 0 aliphatic heterocycles. The third kappa shape index (κ3) is 17.7. The summed E-state index contributed by atoms with van der Waals surface area (Å²) < 4.78 is 4.43. The lowest BCUT2D eigenvalue weighted by Gasteiger charge is -1.97. The maximum Gasteiger partial charge on any atom is 0.403 e. The zero-order valence-electron chi connectivity index (χ0n) is 7.32. The predicted molar refractivity (Wildman–Crippen MR) is 47.1 cm³/mol. The van der Waals surface area contributed by atoms with Crippen molar-refractivity contribution in [3.05, 3.63) is 0 Å². The van der Waals surface area contributed by atoms with Crippen LogP contribution in [0, 0.1) is 0 Å². The smallest absolute Gasteiger partial charge is 0.403 e. The standard InChI is InChI=1S/C5H10ClNO2.C2H6/c1-7-3-2-4-9-5(6)8;1-2/h7H,2-4H2,1H3;1-2H3. The van der Waals surface area contributed by atoms with Gasteiger partial charge in [-0.3, -0.25) is 0 Å². The van der Waals surface area contributed by atoms with Crippen molar-refractivity contribution in [3.8, 4) is 0 Å². The molecule has 1 N–H and O–H groups in total. The maximum absolute atomic E-state index is 9.93. The quantitative estimate of drug-likeness (QED) is 0.533. The average Bonchev–Trinajstić information content (AvgIpc) is 2.02. The first-order chi connectivity index (χ1) is 5.27. The summed E-state index contributed by atoms with van der Waals surface area (Å²) in [5.74, 6) is 0. The van der Waals surface area contributed by atoms with Crippen LogP contribution in [0.5, 0.6) is 0 Å². The van der Waals surface area contributed by atoms with E-state index in [2.05, 4.69) is 10.1 Å². The van der Waals surface area contributed by atoms with E-state index in [1.807, 2.05) is 20.9 Å². The molecule has 0 saturated carbocycles. The van der Waals surface area contributed by atoms with E-state index in [0.717, 1.165) is 13.0 Å². The summed E-state index contributed by atoms with van der Waals surface area (Å²) in [4.78, 5) is 9.93. The number of halogens is 1. The lowest BCUT2D eigenvalue weighted by Crippen LogP contribution is -2.10. The van der Waals surface area contributed by atoms with E-state index in [9.17, 15) is 4.79 Å². The van der Waals surface area contributed by atoms with E-state index in [1.54, 1.807) is 0 Å². The molecule has 11 heavy (non-hydrogen) atoms. The number of carbonyl (C=O) groups is 1. The van der Waals surface area contributed by atoms with Crippen molar-refractivity contribution < 1.29 is 9.53 Å². The third-order valence-electron chi connectivity index (χ3n) is 0.787. The summed E-state index contributed by atoms with van der Waals surface area (Å²) in [7, 11) is 1.84. The number of nitrogens with one attached hydrogen (secondary N) is 1. The van der Waals surface area contributed by atoms with E-state index in [-0.39, 0.29) is 0 Å². The molecular formula is C7H16ClNO2. The van der Waals surface area contributed by atoms with E-state index < -0.39 is 5.43 Å². The fourth-order valence-electron chi connectivity index (χ4n) is 0.401. The maximum atomic E-state index is 9.93. The van der Waals surface area contributed by atoms with Crippen LogP contribution in [-0.2, 0) is 4.74 Å². The monoisotopic (exact) mass is 181 g/mol. The Morgan fingerprint density at radius 3 is 2.45 bits per heavy atom. The van der Waals surface area contributed by atoms with Crippen LogP contribution in [-0.4, -0.2) is 25.6 Å². The number of hydrogen-bond acceptors (Lipinski definition) is 3. The van der Waals surface area contributed by atoms with Crippen LogP contribution in [0.1, 0.15) is 20.3 Å². The molecule has 3 nitrogen and oxygen atoms in total. The molecule has 0 saturated heterocycles. The Kier molecular flexibility index (Phi) is 15.0. The lowest BCUT2D eigenvalue weighted by molar-refractivity contribution is 0.172. The molecule has 0 aromatic carbocycles. The average molecular weight is 182 g/mol. The summed E-state index contributed by atoms with van der Waals surface area (Å²) in [6.07, 6.45) is 0.801. The van der Waals surface area contributed by atoms with Gasteiger partial charge in [-0.15, -0.1) is 0 Å². The first-order valence-electron chi connectivity index (χ1n) is 3.74. The highest BCUT2D eigenvalue weighted by Gasteiger charge is 1.92. The molecule has 0 aliphatic carbocycles. The van der Waals surface area contributed by atoms with Gasteiger partial charge in [0.25, 0.3) is 0 Å². The van der Waals surface area contributed by atoms with Gasteiger partial charge in [0, 0.05) is 11.6 Å². The van der Waals surface area contributed by atoms with Crippen molar-refractivity contribution in [2.24, 2.45) is 0 Å². The molecule has 0 bridgehead atoms. The van der Waals surface area contributed by atoms with Crippen LogP contribution in [0.15, 0.2) is 0 Å². The SMILES string of the molecule is CC.CNCCCOC(=O)Cl. The number of hydrogen-bond donors (Lipinski definition) is 1. The third-order valence-corrected chi connectivity index (χ3v) is 0.896. The van der Waals surface area contributed by atoms with Crippen LogP contribution in [0.4, 0.5) is 4.79 Å². The van der Waals surface area contributed by atoms with Crippen molar-refractivity contribution in [1.29, 1.82) is 0 Å². The minimum Gasteiger partial charge on any atom is -0.454 e. The molecule has 0 heterocycles. The second-order valence-electron chi connectivity index (χ2n) is 1.54. The highest BCUT2D eigenvalue weighted by Crippen LogP contribution is 1.87. The van der Waals surface area contributed by atoms with E-state index in [0.29, 0.717) is 6.61 Å². The molecule has 4 heteroatoms. The fourth-order valence-corrected chi connectivity index (χ4v) is 0.479. The molecule has 0 aliphatic rings. The van der Waals surface area contributed by atoms with E-state index in [4.69, 9.17) is 11.6 Å². The van der Waals surface area contributed by atoms with Crippen LogP contribution < -0.4 is 5.32 Å². The van der Waals surface area contributed by atoms with Gasteiger partial charge in [-0.1, -0.05) is 13.8 Å². The molecule has 0 amide bonds. The Hall–Kier alpha value is -0.280. The number of ether oxygens (including phenoxy) is 1. The topological polar surface area (TPSA) is 38.3 Å². The van der Waals surface area contributed by atoms with Crippen LogP contribution >= 0.6 is 11.6 Å². The first-order valence-corrected chi connectivity index (χ1v) is 4.12. The predicted octanol–water partition coefficient (Wildman–Crippen LogP) is 2.00. The van der Waals surface area contributed by atoms with Gasteiger partial charge in [-0.2, -0.15) is 0 Å². The zero-order chi connectivity index (χ0) is 9.11. The van der Waals surface area contributed by atoms with Gasteiger partial charge >= 0.3 is 5.43 Å². The molecule has 0 radical (unpaired) electrons. The summed E-state index contributed by atoms with van der Waals surface area (Å²) in [6.45, 7) is 5.23. The van der Waals surface area contributed by atoms with Crippen LogP contribution in [0.2, 0.25) is 0 Å². The van der Waals surface area contributed by atoms with Gasteiger partial charge in [0.05, 0.1) is 6.61 Å². The molecule has 0 aromatic heterocycles. The summed E-state index contributed by atoms with van der Waals surface area (Å²) in [6, 6.07) is 0. The Morgan fingerprint density at radius 2 is 2.09 bits per heavy atom. The van der Waals surface area contributed by atoms with Crippen molar-refractivity contribution >= 4 is 17.0 Å². The summed E-state index contributed by atoms with van der Waals surface area (Å²) >= 11 is 4.88. The highest BCUT2D eigenvalue weighted by atomic mass is 35.5. The largest absolute Gasteiger partial charge is 0.454 e. The second-order valence-corrected chi connectivity index (χ2v) is 1.85. The molecule has 0 aromatic rings. The highest BCUT2D eigenvalue weighted by molar-refractivity contribution is 6.61. The zero-order valence-corrected chi connectivity index (χ0v) is 8.07. The van der Waals surface area contributed by atoms with Crippen molar-refractivity contribution in [2.45, 2.75) is 20.3 Å². The Labute approximate surface area is 73.1 Å². The molecule has 0 fully saturated rings. The molecule has 68 valence electrons. The van der Waals surface area contributed by atoms with E-state index in [1.165, 1.54) is 0 Å².